The zero-order valence-corrected chi connectivity index (χ0v) is 14.1. The van der Waals surface area contributed by atoms with Crippen molar-refractivity contribution in [3.05, 3.63) is 23.8 Å². The molecule has 0 atom stereocenters. The normalized spacial score (nSPS) is 10.6. The molecule has 0 radical (unpaired) electrons. The van der Waals surface area contributed by atoms with E-state index in [0.717, 1.165) is 17.7 Å². The summed E-state index contributed by atoms with van der Waals surface area (Å²) in [5.41, 5.74) is 1.75. The molecule has 2 amide bonds. The summed E-state index contributed by atoms with van der Waals surface area (Å²) in [5, 5.41) is 11.8. The van der Waals surface area contributed by atoms with Crippen molar-refractivity contribution in [2.45, 2.75) is 34.1 Å². The van der Waals surface area contributed by atoms with Crippen molar-refractivity contribution >= 4 is 11.7 Å². The Labute approximate surface area is 133 Å². The lowest BCUT2D eigenvalue weighted by Gasteiger charge is -2.20. The highest BCUT2D eigenvalue weighted by molar-refractivity contribution is 5.89. The molecule has 0 unspecified atom stereocenters. The minimum atomic E-state index is -0.214. The Balaban J connectivity index is 2.69. The molecule has 124 valence electrons. The lowest BCUT2D eigenvalue weighted by molar-refractivity contribution is 0.192. The number of aliphatic hydroxyl groups excluding tert-OH is 1. The second-order valence-electron chi connectivity index (χ2n) is 5.74. The molecule has 0 saturated carbocycles. The molecule has 1 rings (SSSR count). The first-order valence-corrected chi connectivity index (χ1v) is 7.88. The van der Waals surface area contributed by atoms with Crippen molar-refractivity contribution in [2.24, 2.45) is 5.92 Å². The number of aryl methyl sites for hydroxylation is 1. The van der Waals surface area contributed by atoms with Gasteiger partial charge in [-0.05, 0) is 37.8 Å². The second kappa shape index (κ2) is 9.30. The Hall–Kier alpha value is -1.75. The number of nitrogens with one attached hydrogen (secondary N) is 1. The smallest absolute Gasteiger partial charge is 0.321 e. The van der Waals surface area contributed by atoms with Gasteiger partial charge >= 0.3 is 6.03 Å². The summed E-state index contributed by atoms with van der Waals surface area (Å²) in [7, 11) is 0. The molecule has 0 saturated heterocycles. The average Bonchev–Trinajstić information content (AvgIpc) is 2.47. The standard InChI is InChI=1S/C17H28N2O3/c1-5-19(9-10-20)17(21)18-15-7-6-14(4)16(12-15)22-11-8-13(2)3/h6-7,12-13,20H,5,8-11H2,1-4H3,(H,18,21). The van der Waals surface area contributed by atoms with Gasteiger partial charge in [0.2, 0.25) is 0 Å². The number of hydrogen-bond acceptors (Lipinski definition) is 3. The fraction of sp³-hybridized carbons (Fsp3) is 0.588. The predicted molar refractivity (Wildman–Crippen MR) is 89.5 cm³/mol. The van der Waals surface area contributed by atoms with Crippen LogP contribution in [0.1, 0.15) is 32.8 Å². The van der Waals surface area contributed by atoms with E-state index >= 15 is 0 Å². The van der Waals surface area contributed by atoms with Crippen LogP contribution in [0.15, 0.2) is 18.2 Å². The van der Waals surface area contributed by atoms with Crippen LogP contribution in [-0.4, -0.2) is 42.3 Å². The zero-order valence-electron chi connectivity index (χ0n) is 14.1. The molecule has 0 fully saturated rings. The summed E-state index contributed by atoms with van der Waals surface area (Å²) in [5.74, 6) is 1.39. The number of amides is 2. The van der Waals surface area contributed by atoms with Crippen molar-refractivity contribution < 1.29 is 14.6 Å². The Bertz CT molecular complexity index is 475. The van der Waals surface area contributed by atoms with Crippen LogP contribution in [0.2, 0.25) is 0 Å². The SMILES string of the molecule is CCN(CCO)C(=O)Nc1ccc(C)c(OCCC(C)C)c1. The van der Waals surface area contributed by atoms with Crippen LogP contribution in [0.25, 0.3) is 0 Å². The Morgan fingerprint density at radius 2 is 2.14 bits per heavy atom. The van der Waals surface area contributed by atoms with Gasteiger partial charge < -0.3 is 20.1 Å². The second-order valence-corrected chi connectivity index (χ2v) is 5.74. The minimum absolute atomic E-state index is 0.0429. The number of benzene rings is 1. The van der Waals surface area contributed by atoms with Crippen LogP contribution in [0.3, 0.4) is 0 Å². The van der Waals surface area contributed by atoms with Gasteiger partial charge in [-0.1, -0.05) is 19.9 Å². The Kier molecular flexibility index (Phi) is 7.74. The fourth-order valence-electron chi connectivity index (χ4n) is 1.96. The first kappa shape index (κ1) is 18.3. The van der Waals surface area contributed by atoms with Crippen molar-refractivity contribution in [1.29, 1.82) is 0 Å². The third-order valence-corrected chi connectivity index (χ3v) is 3.43. The number of likely N-dealkylation sites (N-methyl/N-ethyl adjacent to an activating group) is 1. The lowest BCUT2D eigenvalue weighted by Crippen LogP contribution is -2.36. The molecular weight excluding hydrogens is 280 g/mol. The van der Waals surface area contributed by atoms with E-state index in [1.807, 2.05) is 32.0 Å². The van der Waals surface area contributed by atoms with Gasteiger partial charge in [-0.15, -0.1) is 0 Å². The summed E-state index contributed by atoms with van der Waals surface area (Å²) in [4.78, 5) is 13.7. The Morgan fingerprint density at radius 3 is 2.73 bits per heavy atom. The lowest BCUT2D eigenvalue weighted by atomic mass is 10.1. The number of aliphatic hydroxyl groups is 1. The highest BCUT2D eigenvalue weighted by Gasteiger charge is 2.12. The van der Waals surface area contributed by atoms with Gasteiger partial charge in [0.05, 0.1) is 13.2 Å². The van der Waals surface area contributed by atoms with Crippen molar-refractivity contribution in [3.8, 4) is 5.75 Å². The molecule has 5 nitrogen and oxygen atoms in total. The zero-order chi connectivity index (χ0) is 16.5. The molecule has 1 aromatic rings. The topological polar surface area (TPSA) is 61.8 Å². The van der Waals surface area contributed by atoms with Crippen LogP contribution in [0.5, 0.6) is 5.75 Å². The first-order valence-electron chi connectivity index (χ1n) is 7.88. The van der Waals surface area contributed by atoms with E-state index in [4.69, 9.17) is 9.84 Å². The third-order valence-electron chi connectivity index (χ3n) is 3.43. The molecule has 0 spiro atoms. The molecule has 0 aliphatic rings. The quantitative estimate of drug-likeness (QED) is 0.775. The van der Waals surface area contributed by atoms with E-state index in [-0.39, 0.29) is 12.6 Å². The summed E-state index contributed by atoms with van der Waals surface area (Å²) in [6.07, 6.45) is 0.996. The minimum Gasteiger partial charge on any atom is -0.493 e. The molecule has 2 N–H and O–H groups in total. The number of nitrogens with zero attached hydrogens (tertiary/aromatic N) is 1. The molecule has 0 heterocycles. The van der Waals surface area contributed by atoms with Crippen molar-refractivity contribution in [3.63, 3.8) is 0 Å². The van der Waals surface area contributed by atoms with Crippen molar-refractivity contribution in [1.82, 2.24) is 4.90 Å². The predicted octanol–water partition coefficient (Wildman–Crippen LogP) is 3.27. The first-order chi connectivity index (χ1) is 10.5. The number of rotatable bonds is 8. The van der Waals surface area contributed by atoms with Gasteiger partial charge in [0.25, 0.3) is 0 Å². The molecule has 5 heteroatoms. The van der Waals surface area contributed by atoms with Crippen LogP contribution in [0, 0.1) is 12.8 Å². The maximum absolute atomic E-state index is 12.1. The highest BCUT2D eigenvalue weighted by atomic mass is 16.5. The van der Waals surface area contributed by atoms with Gasteiger partial charge in [-0.3, -0.25) is 0 Å². The number of carbonyl (C=O) groups is 1. The fourth-order valence-corrected chi connectivity index (χ4v) is 1.96. The number of ether oxygens (including phenoxy) is 1. The Morgan fingerprint density at radius 1 is 1.41 bits per heavy atom. The monoisotopic (exact) mass is 308 g/mol. The maximum atomic E-state index is 12.1. The summed E-state index contributed by atoms with van der Waals surface area (Å²) >= 11 is 0. The van der Waals surface area contributed by atoms with E-state index in [2.05, 4.69) is 19.2 Å². The van der Waals surface area contributed by atoms with Crippen LogP contribution >= 0.6 is 0 Å². The molecule has 0 aliphatic heterocycles. The summed E-state index contributed by atoms with van der Waals surface area (Å²) in [6.45, 7) is 9.69. The average molecular weight is 308 g/mol. The van der Waals surface area contributed by atoms with E-state index in [9.17, 15) is 4.79 Å². The summed E-state index contributed by atoms with van der Waals surface area (Å²) in [6, 6.07) is 5.42. The van der Waals surface area contributed by atoms with Gasteiger partial charge in [-0.25, -0.2) is 4.79 Å². The molecule has 0 aromatic heterocycles. The molecule has 0 aliphatic carbocycles. The summed E-state index contributed by atoms with van der Waals surface area (Å²) < 4.78 is 5.80. The van der Waals surface area contributed by atoms with Gasteiger partial charge in [-0.2, -0.15) is 0 Å². The number of urea groups is 1. The highest BCUT2D eigenvalue weighted by Crippen LogP contribution is 2.23. The van der Waals surface area contributed by atoms with Crippen LogP contribution < -0.4 is 10.1 Å². The number of hydrogen-bond donors (Lipinski definition) is 2. The van der Waals surface area contributed by atoms with Gasteiger partial charge in [0.1, 0.15) is 5.75 Å². The largest absolute Gasteiger partial charge is 0.493 e. The number of carbonyl (C=O) groups excluding carboxylic acids is 1. The van der Waals surface area contributed by atoms with Gasteiger partial charge in [0, 0.05) is 24.8 Å². The molecular formula is C17H28N2O3. The van der Waals surface area contributed by atoms with Crippen molar-refractivity contribution in [2.75, 3.05) is 31.6 Å². The van der Waals surface area contributed by atoms with Crippen LogP contribution in [-0.2, 0) is 0 Å². The molecule has 22 heavy (non-hydrogen) atoms. The van der Waals surface area contributed by atoms with Crippen LogP contribution in [0.4, 0.5) is 10.5 Å². The van der Waals surface area contributed by atoms with E-state index in [0.29, 0.717) is 31.3 Å². The van der Waals surface area contributed by atoms with E-state index < -0.39 is 0 Å². The number of anilines is 1. The van der Waals surface area contributed by atoms with E-state index in [1.165, 1.54) is 0 Å². The third kappa shape index (κ3) is 5.93. The van der Waals surface area contributed by atoms with Gasteiger partial charge in [0.15, 0.2) is 0 Å². The molecule has 0 bridgehead atoms. The molecule has 1 aromatic carbocycles. The van der Waals surface area contributed by atoms with E-state index in [1.54, 1.807) is 4.90 Å². The maximum Gasteiger partial charge on any atom is 0.321 e.